The van der Waals surface area contributed by atoms with Crippen molar-refractivity contribution in [3.8, 4) is 5.75 Å². The summed E-state index contributed by atoms with van der Waals surface area (Å²) in [7, 11) is 0. The zero-order valence-corrected chi connectivity index (χ0v) is 13.0. The molecule has 4 nitrogen and oxygen atoms in total. The molecule has 0 heterocycles. The van der Waals surface area contributed by atoms with E-state index in [1.165, 1.54) is 0 Å². The second kappa shape index (κ2) is 10.00. The van der Waals surface area contributed by atoms with Crippen LogP contribution in [0.3, 0.4) is 0 Å². The molecule has 20 heavy (non-hydrogen) atoms. The van der Waals surface area contributed by atoms with Gasteiger partial charge < -0.3 is 14.6 Å². The second-order valence-corrected chi connectivity index (χ2v) is 4.88. The molecule has 0 radical (unpaired) electrons. The Balaban J connectivity index is 2.58. The Morgan fingerprint density at radius 1 is 1.10 bits per heavy atom. The van der Waals surface area contributed by atoms with Crippen LogP contribution in [0, 0.1) is 0 Å². The summed E-state index contributed by atoms with van der Waals surface area (Å²) >= 11 is 5.97. The van der Waals surface area contributed by atoms with Crippen LogP contribution < -0.4 is 0 Å². The van der Waals surface area contributed by atoms with Gasteiger partial charge in [-0.2, -0.15) is 0 Å². The number of benzene rings is 1. The lowest BCUT2D eigenvalue weighted by molar-refractivity contribution is 0.0794. The number of halogens is 1. The highest BCUT2D eigenvalue weighted by atomic mass is 35.5. The van der Waals surface area contributed by atoms with Gasteiger partial charge in [0.25, 0.3) is 0 Å². The van der Waals surface area contributed by atoms with Crippen molar-refractivity contribution in [2.45, 2.75) is 20.4 Å². The van der Waals surface area contributed by atoms with Crippen LogP contribution in [0.2, 0.25) is 5.02 Å². The van der Waals surface area contributed by atoms with Gasteiger partial charge in [-0.1, -0.05) is 11.6 Å². The third kappa shape index (κ3) is 6.57. The van der Waals surface area contributed by atoms with E-state index in [1.807, 2.05) is 13.8 Å². The smallest absolute Gasteiger partial charge is 0.120 e. The Labute approximate surface area is 126 Å². The molecule has 114 valence electrons. The molecular weight excluding hydrogens is 278 g/mol. The van der Waals surface area contributed by atoms with E-state index in [0.717, 1.165) is 18.7 Å². The minimum Gasteiger partial charge on any atom is -0.508 e. The van der Waals surface area contributed by atoms with Gasteiger partial charge in [-0.05, 0) is 32.0 Å². The molecule has 1 N–H and O–H groups in total. The summed E-state index contributed by atoms with van der Waals surface area (Å²) in [5, 5.41) is 10.5. The molecule has 0 saturated heterocycles. The van der Waals surface area contributed by atoms with Gasteiger partial charge >= 0.3 is 0 Å². The average Bonchev–Trinajstić information content (AvgIpc) is 2.43. The standard InChI is InChI=1S/C15H24ClNO3/c1-3-19-9-7-17(8-10-20-4-2)12-13-11-14(16)5-6-15(13)18/h5-6,11,18H,3-4,7-10,12H2,1-2H3. The van der Waals surface area contributed by atoms with Crippen molar-refractivity contribution in [1.82, 2.24) is 4.90 Å². The number of hydrogen-bond donors (Lipinski definition) is 1. The van der Waals surface area contributed by atoms with Gasteiger partial charge in [0, 0.05) is 43.4 Å². The summed E-state index contributed by atoms with van der Waals surface area (Å²) in [6.07, 6.45) is 0. The molecule has 0 aromatic heterocycles. The van der Waals surface area contributed by atoms with Gasteiger partial charge in [0.1, 0.15) is 5.75 Å². The van der Waals surface area contributed by atoms with Crippen LogP contribution in [-0.2, 0) is 16.0 Å². The maximum atomic E-state index is 9.88. The van der Waals surface area contributed by atoms with Gasteiger partial charge in [0.2, 0.25) is 0 Å². The Bertz CT molecular complexity index is 377. The number of phenolic OH excluding ortho intramolecular Hbond substituents is 1. The van der Waals surface area contributed by atoms with Gasteiger partial charge in [-0.3, -0.25) is 4.90 Å². The fraction of sp³-hybridized carbons (Fsp3) is 0.600. The summed E-state index contributed by atoms with van der Waals surface area (Å²) < 4.78 is 10.8. The Kier molecular flexibility index (Phi) is 8.62. The Morgan fingerprint density at radius 2 is 1.70 bits per heavy atom. The molecule has 0 bridgehead atoms. The third-order valence-electron chi connectivity index (χ3n) is 2.95. The average molecular weight is 302 g/mol. The van der Waals surface area contributed by atoms with Crippen LogP contribution in [0.25, 0.3) is 0 Å². The van der Waals surface area contributed by atoms with Crippen LogP contribution in [0.4, 0.5) is 0 Å². The van der Waals surface area contributed by atoms with Gasteiger partial charge in [0.05, 0.1) is 13.2 Å². The maximum absolute atomic E-state index is 9.88. The predicted molar refractivity (Wildman–Crippen MR) is 81.4 cm³/mol. The first kappa shape index (κ1) is 17.2. The van der Waals surface area contributed by atoms with E-state index in [0.29, 0.717) is 38.0 Å². The quantitative estimate of drug-likeness (QED) is 0.675. The summed E-state index contributed by atoms with van der Waals surface area (Å²) in [6.45, 7) is 8.95. The number of phenols is 1. The van der Waals surface area contributed by atoms with E-state index in [2.05, 4.69) is 4.90 Å². The zero-order valence-electron chi connectivity index (χ0n) is 12.3. The number of ether oxygens (including phenoxy) is 2. The van der Waals surface area contributed by atoms with Crippen molar-refractivity contribution >= 4 is 11.6 Å². The summed E-state index contributed by atoms with van der Waals surface area (Å²) in [5.41, 5.74) is 0.825. The lowest BCUT2D eigenvalue weighted by atomic mass is 10.2. The van der Waals surface area contributed by atoms with E-state index in [4.69, 9.17) is 21.1 Å². The fourth-order valence-electron chi connectivity index (χ4n) is 1.87. The number of nitrogens with zero attached hydrogens (tertiary/aromatic N) is 1. The van der Waals surface area contributed by atoms with Crippen molar-refractivity contribution in [2.24, 2.45) is 0 Å². The summed E-state index contributed by atoms with van der Waals surface area (Å²) in [6, 6.07) is 5.11. The first-order valence-electron chi connectivity index (χ1n) is 7.02. The molecule has 0 saturated carbocycles. The highest BCUT2D eigenvalue weighted by Gasteiger charge is 2.10. The number of aromatic hydroxyl groups is 1. The SMILES string of the molecule is CCOCCN(CCOCC)Cc1cc(Cl)ccc1O. The van der Waals surface area contributed by atoms with Crippen LogP contribution in [0.15, 0.2) is 18.2 Å². The van der Waals surface area contributed by atoms with Crippen molar-refractivity contribution in [3.63, 3.8) is 0 Å². The molecule has 5 heteroatoms. The fourth-order valence-corrected chi connectivity index (χ4v) is 2.06. The van der Waals surface area contributed by atoms with Crippen LogP contribution in [0.5, 0.6) is 5.75 Å². The van der Waals surface area contributed by atoms with E-state index < -0.39 is 0 Å². The van der Waals surface area contributed by atoms with E-state index >= 15 is 0 Å². The molecule has 0 unspecified atom stereocenters. The molecule has 0 aliphatic heterocycles. The number of rotatable bonds is 10. The van der Waals surface area contributed by atoms with Crippen molar-refractivity contribution < 1.29 is 14.6 Å². The number of hydrogen-bond acceptors (Lipinski definition) is 4. The van der Waals surface area contributed by atoms with E-state index in [1.54, 1.807) is 18.2 Å². The molecule has 0 aliphatic rings. The lowest BCUT2D eigenvalue weighted by Gasteiger charge is -2.22. The monoisotopic (exact) mass is 301 g/mol. The molecule has 1 rings (SSSR count). The van der Waals surface area contributed by atoms with Gasteiger partial charge in [0.15, 0.2) is 0 Å². The predicted octanol–water partition coefficient (Wildman–Crippen LogP) is 2.92. The Hall–Kier alpha value is -0.810. The first-order chi connectivity index (χ1) is 9.67. The summed E-state index contributed by atoms with van der Waals surface area (Å²) in [5.74, 6) is 0.271. The van der Waals surface area contributed by atoms with E-state index in [-0.39, 0.29) is 5.75 Å². The van der Waals surface area contributed by atoms with Crippen LogP contribution >= 0.6 is 11.6 Å². The van der Waals surface area contributed by atoms with Crippen molar-refractivity contribution in [1.29, 1.82) is 0 Å². The van der Waals surface area contributed by atoms with Gasteiger partial charge in [-0.15, -0.1) is 0 Å². The molecule has 0 spiro atoms. The highest BCUT2D eigenvalue weighted by Crippen LogP contribution is 2.22. The van der Waals surface area contributed by atoms with Gasteiger partial charge in [-0.25, -0.2) is 0 Å². The molecule has 0 amide bonds. The highest BCUT2D eigenvalue weighted by molar-refractivity contribution is 6.30. The van der Waals surface area contributed by atoms with Crippen molar-refractivity contribution in [3.05, 3.63) is 28.8 Å². The van der Waals surface area contributed by atoms with Crippen LogP contribution in [-0.4, -0.2) is 49.5 Å². The summed E-state index contributed by atoms with van der Waals surface area (Å²) in [4.78, 5) is 2.19. The minimum absolute atomic E-state index is 0.271. The topological polar surface area (TPSA) is 41.9 Å². The molecular formula is C15H24ClNO3. The Morgan fingerprint density at radius 3 is 2.25 bits per heavy atom. The van der Waals surface area contributed by atoms with Crippen LogP contribution in [0.1, 0.15) is 19.4 Å². The second-order valence-electron chi connectivity index (χ2n) is 4.44. The molecule has 0 aliphatic carbocycles. The lowest BCUT2D eigenvalue weighted by Crippen LogP contribution is -2.30. The van der Waals surface area contributed by atoms with Crippen molar-refractivity contribution in [2.75, 3.05) is 39.5 Å². The maximum Gasteiger partial charge on any atom is 0.120 e. The first-order valence-corrected chi connectivity index (χ1v) is 7.40. The molecule has 0 atom stereocenters. The molecule has 0 fully saturated rings. The largest absolute Gasteiger partial charge is 0.508 e. The van der Waals surface area contributed by atoms with E-state index in [9.17, 15) is 5.11 Å². The minimum atomic E-state index is 0.271. The normalized spacial score (nSPS) is 11.2. The zero-order chi connectivity index (χ0) is 14.8. The third-order valence-corrected chi connectivity index (χ3v) is 3.18. The molecule has 1 aromatic carbocycles. The molecule has 1 aromatic rings.